The molecule has 0 heterocycles. The summed E-state index contributed by atoms with van der Waals surface area (Å²) >= 11 is 0. The molecule has 0 aromatic carbocycles. The van der Waals surface area contributed by atoms with Gasteiger partial charge in [-0.1, -0.05) is 33.1 Å². The van der Waals surface area contributed by atoms with Crippen molar-refractivity contribution in [2.75, 3.05) is 0 Å². The van der Waals surface area contributed by atoms with Gasteiger partial charge in [-0.15, -0.1) is 31.7 Å². The molecule has 0 atom stereocenters. The van der Waals surface area contributed by atoms with Crippen LogP contribution in [0.4, 0.5) is 0 Å². The van der Waals surface area contributed by atoms with E-state index in [4.69, 9.17) is 9.90 Å². The molecule has 0 radical (unpaired) electrons. The molecule has 0 aromatic heterocycles. The number of carbonyl (C=O) groups is 1. The molecule has 0 aliphatic heterocycles. The predicted molar refractivity (Wildman–Crippen MR) is 72.4 cm³/mol. The van der Waals surface area contributed by atoms with Gasteiger partial charge < -0.3 is 5.11 Å². The van der Waals surface area contributed by atoms with Crippen molar-refractivity contribution in [3.63, 3.8) is 0 Å². The smallest absolute Gasteiger partial charge is 0.300 e. The van der Waals surface area contributed by atoms with Crippen LogP contribution in [0, 0.1) is 11.5 Å². The van der Waals surface area contributed by atoms with E-state index in [1.165, 1.54) is 16.7 Å². The molecule has 17 heavy (non-hydrogen) atoms. The summed E-state index contributed by atoms with van der Waals surface area (Å²) in [6.45, 7) is 12.0. The Morgan fingerprint density at radius 1 is 1.18 bits per heavy atom. The Morgan fingerprint density at radius 3 is 1.53 bits per heavy atom. The van der Waals surface area contributed by atoms with E-state index in [0.29, 0.717) is 0 Å². The first-order valence-electron chi connectivity index (χ1n) is 4.68. The van der Waals surface area contributed by atoms with Crippen LogP contribution in [0.2, 0.25) is 0 Å². The van der Waals surface area contributed by atoms with Crippen molar-refractivity contribution in [1.82, 2.24) is 0 Å². The molecule has 1 aliphatic carbocycles. The Hall–Kier alpha value is 0.244. The normalized spacial score (nSPS) is 15.3. The number of aliphatic carboxylic acids is 1. The average molecular weight is 316 g/mol. The van der Waals surface area contributed by atoms with Gasteiger partial charge in [0.1, 0.15) is 0 Å². The van der Waals surface area contributed by atoms with Gasteiger partial charge >= 0.3 is 0 Å². The maximum Gasteiger partial charge on any atom is 0.300 e. The zero-order valence-electron chi connectivity index (χ0n) is 11.2. The van der Waals surface area contributed by atoms with Crippen molar-refractivity contribution in [3.05, 3.63) is 22.8 Å². The van der Waals surface area contributed by atoms with Crippen molar-refractivity contribution in [2.45, 2.75) is 41.5 Å². The van der Waals surface area contributed by atoms with Crippen molar-refractivity contribution in [2.24, 2.45) is 5.41 Å². The van der Waals surface area contributed by atoms with Gasteiger partial charge in [0, 0.05) is 28.6 Å². The van der Waals surface area contributed by atoms with Crippen LogP contribution in [0.15, 0.2) is 16.7 Å². The molecule has 0 bridgehead atoms. The Balaban J connectivity index is -0.000000108. The van der Waals surface area contributed by atoms with Crippen molar-refractivity contribution < 1.29 is 31.6 Å². The van der Waals surface area contributed by atoms with Crippen molar-refractivity contribution in [3.8, 4) is 0 Å². The van der Waals surface area contributed by atoms with Gasteiger partial charge in [-0.3, -0.25) is 10.9 Å². The number of rotatable bonds is 0. The first-order chi connectivity index (χ1) is 6.18. The number of halogens is 2. The molecule has 0 amide bonds. The molecular weight excluding hydrogens is 295 g/mol. The Labute approximate surface area is 132 Å². The van der Waals surface area contributed by atoms with Crippen LogP contribution < -0.4 is 0 Å². The fourth-order valence-corrected chi connectivity index (χ4v) is 1.41. The Bertz CT molecular complexity index is 304. The average Bonchev–Trinajstić information content (AvgIpc) is 2.13. The van der Waals surface area contributed by atoms with Gasteiger partial charge in [0.25, 0.3) is 5.97 Å². The van der Waals surface area contributed by atoms with E-state index < -0.39 is 5.97 Å². The van der Waals surface area contributed by atoms with Crippen molar-refractivity contribution in [1.29, 1.82) is 0 Å². The van der Waals surface area contributed by atoms with Gasteiger partial charge in [-0.05, 0) is 0 Å². The van der Waals surface area contributed by atoms with Crippen LogP contribution in [0.1, 0.15) is 41.5 Å². The van der Waals surface area contributed by atoms with E-state index in [1.54, 1.807) is 0 Å². The molecule has 2 nitrogen and oxygen atoms in total. The zero-order valence-corrected chi connectivity index (χ0v) is 14.4. The summed E-state index contributed by atoms with van der Waals surface area (Å²) in [7, 11) is 0. The fourth-order valence-electron chi connectivity index (χ4n) is 1.41. The summed E-state index contributed by atoms with van der Waals surface area (Å²) in [5.41, 5.74) is 4.39. The molecule has 1 aliphatic rings. The minimum Gasteiger partial charge on any atom is -0.481 e. The molecule has 0 saturated heterocycles. The maximum absolute atomic E-state index is 9.00. The number of allylic oxidation sites excluding steroid dienone is 4. The van der Waals surface area contributed by atoms with E-state index in [-0.39, 0.29) is 51.9 Å². The molecular formula is C12H21Cl2O2Ti-. The topological polar surface area (TPSA) is 37.3 Å². The second-order valence-electron chi connectivity index (χ2n) is 4.14. The third-order valence-corrected chi connectivity index (χ3v) is 2.56. The van der Waals surface area contributed by atoms with E-state index in [1.807, 2.05) is 0 Å². The summed E-state index contributed by atoms with van der Waals surface area (Å²) in [6, 6.07) is 0. The number of hydrogen-bond donors (Lipinski definition) is 1. The van der Waals surface area contributed by atoms with Crippen LogP contribution in [0.3, 0.4) is 0 Å². The zero-order chi connectivity index (χ0) is 11.5. The van der Waals surface area contributed by atoms with Crippen LogP contribution in [0.5, 0.6) is 0 Å². The van der Waals surface area contributed by atoms with E-state index >= 15 is 0 Å². The molecule has 1 rings (SSSR count). The first kappa shape index (κ1) is 25.9. The molecule has 0 unspecified atom stereocenters. The summed E-state index contributed by atoms with van der Waals surface area (Å²) in [5.74, 6) is -0.833. The Kier molecular flexibility index (Phi) is 15.6. The van der Waals surface area contributed by atoms with E-state index in [0.717, 1.165) is 6.92 Å². The van der Waals surface area contributed by atoms with Gasteiger partial charge in [0.2, 0.25) is 0 Å². The molecule has 5 heteroatoms. The van der Waals surface area contributed by atoms with Crippen LogP contribution in [-0.2, 0) is 26.5 Å². The van der Waals surface area contributed by atoms with Gasteiger partial charge in [0.05, 0.1) is 0 Å². The second kappa shape index (κ2) is 10.2. The van der Waals surface area contributed by atoms with Crippen molar-refractivity contribution >= 4 is 30.8 Å². The number of hydrogen-bond acceptors (Lipinski definition) is 1. The molecule has 0 saturated carbocycles. The molecule has 1 N–H and O–H groups in total. The van der Waals surface area contributed by atoms with Gasteiger partial charge in [0.15, 0.2) is 0 Å². The predicted octanol–water partition coefficient (Wildman–Crippen LogP) is 4.04. The molecule has 0 fully saturated rings. The molecule has 100 valence electrons. The minimum absolute atomic E-state index is 0. The monoisotopic (exact) mass is 315 g/mol. The quantitative estimate of drug-likeness (QED) is 0.541. The molecule has 0 aromatic rings. The largest absolute Gasteiger partial charge is 0.481 e. The van der Waals surface area contributed by atoms with Crippen LogP contribution >= 0.6 is 24.8 Å². The maximum atomic E-state index is 9.00. The van der Waals surface area contributed by atoms with Gasteiger partial charge in [-0.2, -0.15) is 11.1 Å². The minimum atomic E-state index is -0.833. The summed E-state index contributed by atoms with van der Waals surface area (Å²) in [6.07, 6.45) is 3.44. The summed E-state index contributed by atoms with van der Waals surface area (Å²) < 4.78 is 0. The van der Waals surface area contributed by atoms with Crippen LogP contribution in [-0.4, -0.2) is 11.1 Å². The van der Waals surface area contributed by atoms with Gasteiger partial charge in [-0.25, -0.2) is 5.57 Å². The number of carboxylic acids is 1. The van der Waals surface area contributed by atoms with E-state index in [2.05, 4.69) is 40.7 Å². The number of carboxylic acid groups (broad SMARTS) is 1. The fraction of sp³-hybridized carbons (Fsp3) is 0.583. The Morgan fingerprint density at radius 2 is 1.47 bits per heavy atom. The first-order valence-corrected chi connectivity index (χ1v) is 4.68. The SMILES string of the molecule is CC(=O)O.CC1=[C-]C(C)(C)C(C)=C1C.Cl.Cl.[Ti]. The van der Waals surface area contributed by atoms with Crippen LogP contribution in [0.25, 0.3) is 0 Å². The molecule has 0 spiro atoms. The summed E-state index contributed by atoms with van der Waals surface area (Å²) in [5, 5.41) is 7.42. The second-order valence-corrected chi connectivity index (χ2v) is 4.14. The third-order valence-electron chi connectivity index (χ3n) is 2.56. The standard InChI is InChI=1S/C10H15.C2H4O2.2ClH.Ti/c1-7-6-10(4,5)9(3)8(7)2;1-2(3)4;;;/h1-5H3;1H3,(H,3,4);2*1H;/q-1;;;;. The third kappa shape index (κ3) is 8.90. The van der Waals surface area contributed by atoms with E-state index in [9.17, 15) is 0 Å². The summed E-state index contributed by atoms with van der Waals surface area (Å²) in [4.78, 5) is 9.00.